The molecule has 1 aromatic rings. The zero-order valence-corrected chi connectivity index (χ0v) is 46.7. The second kappa shape index (κ2) is 49.7. The van der Waals surface area contributed by atoms with Crippen LogP contribution in [0.4, 0.5) is 0 Å². The first kappa shape index (κ1) is 65.1. The largest absolute Gasteiger partial charge is 0.352 e. The van der Waals surface area contributed by atoms with E-state index in [2.05, 4.69) is 49.0 Å². The van der Waals surface area contributed by atoms with E-state index in [0.29, 0.717) is 26.2 Å². The normalized spacial score (nSPS) is 11.3. The van der Waals surface area contributed by atoms with E-state index in [0.717, 1.165) is 77.0 Å². The molecule has 8 heteroatoms. The first-order valence-corrected chi connectivity index (χ1v) is 30.7. The van der Waals surface area contributed by atoms with E-state index >= 15 is 0 Å². The van der Waals surface area contributed by atoms with Gasteiger partial charge in [0.2, 0.25) is 0 Å². The van der Waals surface area contributed by atoms with Crippen molar-refractivity contribution in [1.82, 2.24) is 21.3 Å². The average molecular weight is 980 g/mol. The van der Waals surface area contributed by atoms with E-state index in [1.807, 2.05) is 0 Å². The van der Waals surface area contributed by atoms with Gasteiger partial charge in [-0.15, -0.1) is 0 Å². The molecule has 0 aliphatic heterocycles. The molecule has 4 N–H and O–H groups in total. The second-order valence-electron chi connectivity index (χ2n) is 21.1. The van der Waals surface area contributed by atoms with E-state index < -0.39 is 0 Å². The molecule has 1 aromatic carbocycles. The van der Waals surface area contributed by atoms with Gasteiger partial charge in [-0.1, -0.05) is 285 Å². The SMILES string of the molecule is CCCCCCCCCCCCCCCCCCNC(=O)c1cc(C(=O)NCCCCCCCC)c(C(=O)NCCCCCCCCCCCCCCCCCC)cc1C(=O)NCCCCCCCC. The second-order valence-corrected chi connectivity index (χ2v) is 21.1. The summed E-state index contributed by atoms with van der Waals surface area (Å²) in [5.74, 6) is -1.52. The Bertz CT molecular complexity index is 1290. The number of carbonyl (C=O) groups excluding carboxylic acids is 4. The molecule has 4 amide bonds. The lowest BCUT2D eigenvalue weighted by Crippen LogP contribution is -2.34. The van der Waals surface area contributed by atoms with E-state index in [1.54, 1.807) is 0 Å². The standard InChI is InChI=1S/C62H114N4O4/c1-5-9-13-17-21-23-25-27-29-31-33-35-37-39-43-47-51-65-61(69)57-53-56(60(68)64-50-46-42-20-16-12-8-4)58(54-55(57)59(67)63-49-45-41-19-15-11-7-3)62(70)66-52-48-44-40-38-36-34-32-30-28-26-24-22-18-14-10-6-2/h53-54H,5-52H2,1-4H3,(H,63,67)(H,64,68)(H,65,69)(H,66,70). The summed E-state index contributed by atoms with van der Waals surface area (Å²) >= 11 is 0. The fraction of sp³-hybridized carbons (Fsp3) is 0.839. The molecular weight excluding hydrogens is 865 g/mol. The van der Waals surface area contributed by atoms with Gasteiger partial charge in [-0.3, -0.25) is 19.2 Å². The summed E-state index contributed by atoms with van der Waals surface area (Å²) in [5, 5.41) is 12.2. The third-order valence-electron chi connectivity index (χ3n) is 14.4. The molecule has 70 heavy (non-hydrogen) atoms. The summed E-state index contributed by atoms with van der Waals surface area (Å²) in [6.45, 7) is 10.9. The topological polar surface area (TPSA) is 116 Å². The van der Waals surface area contributed by atoms with Crippen LogP contribution in [0.5, 0.6) is 0 Å². The number of carbonyl (C=O) groups is 4. The number of unbranched alkanes of at least 4 members (excludes halogenated alkanes) is 40. The highest BCUT2D eigenvalue weighted by molar-refractivity contribution is 6.14. The van der Waals surface area contributed by atoms with Gasteiger partial charge < -0.3 is 21.3 Å². The molecule has 0 saturated carbocycles. The van der Waals surface area contributed by atoms with Gasteiger partial charge in [-0.25, -0.2) is 0 Å². The summed E-state index contributed by atoms with van der Waals surface area (Å²) in [5.41, 5.74) is 0.595. The van der Waals surface area contributed by atoms with Crippen molar-refractivity contribution in [1.29, 1.82) is 0 Å². The summed E-state index contributed by atoms with van der Waals surface area (Å²) in [6, 6.07) is 3.01. The number of benzene rings is 1. The van der Waals surface area contributed by atoms with Crippen molar-refractivity contribution in [2.24, 2.45) is 0 Å². The molecule has 0 aromatic heterocycles. The highest BCUT2D eigenvalue weighted by Crippen LogP contribution is 2.21. The Morgan fingerprint density at radius 2 is 0.357 bits per heavy atom. The van der Waals surface area contributed by atoms with Crippen LogP contribution in [-0.4, -0.2) is 49.8 Å². The van der Waals surface area contributed by atoms with Gasteiger partial charge in [-0.05, 0) is 37.8 Å². The lowest BCUT2D eigenvalue weighted by molar-refractivity contribution is 0.0907. The van der Waals surface area contributed by atoms with Gasteiger partial charge >= 0.3 is 0 Å². The molecule has 8 nitrogen and oxygen atoms in total. The van der Waals surface area contributed by atoms with Crippen molar-refractivity contribution in [3.8, 4) is 0 Å². The van der Waals surface area contributed by atoms with Crippen molar-refractivity contribution >= 4 is 23.6 Å². The third-order valence-corrected chi connectivity index (χ3v) is 14.4. The smallest absolute Gasteiger partial charge is 0.252 e. The summed E-state index contributed by atoms with van der Waals surface area (Å²) in [4.78, 5) is 55.8. The van der Waals surface area contributed by atoms with Crippen LogP contribution < -0.4 is 21.3 Å². The molecular formula is C62H114N4O4. The molecule has 0 fully saturated rings. The number of rotatable bonds is 52. The highest BCUT2D eigenvalue weighted by Gasteiger charge is 2.26. The predicted octanol–water partition coefficient (Wildman–Crippen LogP) is 17.8. The average Bonchev–Trinajstić information content (AvgIpc) is 3.36. The van der Waals surface area contributed by atoms with Gasteiger partial charge in [0.15, 0.2) is 0 Å². The van der Waals surface area contributed by atoms with Crippen molar-refractivity contribution in [2.45, 2.75) is 310 Å². The number of hydrogen-bond acceptors (Lipinski definition) is 4. The Morgan fingerprint density at radius 3 is 0.500 bits per heavy atom. The Balaban J connectivity index is 2.86. The lowest BCUT2D eigenvalue weighted by atomic mass is 9.95. The first-order valence-electron chi connectivity index (χ1n) is 30.7. The Morgan fingerprint density at radius 1 is 0.229 bits per heavy atom. The summed E-state index contributed by atoms with van der Waals surface area (Å²) in [6.07, 6.45) is 54.3. The van der Waals surface area contributed by atoms with Crippen LogP contribution in [0.1, 0.15) is 352 Å². The van der Waals surface area contributed by atoms with Crippen molar-refractivity contribution in [3.63, 3.8) is 0 Å². The maximum absolute atomic E-state index is 14.0. The first-order chi connectivity index (χ1) is 34.4. The summed E-state index contributed by atoms with van der Waals surface area (Å²) in [7, 11) is 0. The van der Waals surface area contributed by atoms with E-state index in [-0.39, 0.29) is 45.9 Å². The van der Waals surface area contributed by atoms with Crippen LogP contribution in [0.3, 0.4) is 0 Å². The van der Waals surface area contributed by atoms with E-state index in [9.17, 15) is 19.2 Å². The van der Waals surface area contributed by atoms with Crippen molar-refractivity contribution in [2.75, 3.05) is 26.2 Å². The maximum Gasteiger partial charge on any atom is 0.252 e. The highest BCUT2D eigenvalue weighted by atomic mass is 16.2. The lowest BCUT2D eigenvalue weighted by Gasteiger charge is -2.17. The van der Waals surface area contributed by atoms with Crippen LogP contribution in [-0.2, 0) is 0 Å². The van der Waals surface area contributed by atoms with Gasteiger partial charge in [0, 0.05) is 26.2 Å². The molecule has 0 bridgehead atoms. The van der Waals surface area contributed by atoms with Gasteiger partial charge in [0.05, 0.1) is 22.3 Å². The molecule has 0 atom stereocenters. The minimum atomic E-state index is -0.382. The predicted molar refractivity (Wildman–Crippen MR) is 302 cm³/mol. The quantitative estimate of drug-likeness (QED) is 0.0487. The summed E-state index contributed by atoms with van der Waals surface area (Å²) < 4.78 is 0. The van der Waals surface area contributed by atoms with Crippen LogP contribution >= 0.6 is 0 Å². The van der Waals surface area contributed by atoms with Gasteiger partial charge in [0.25, 0.3) is 23.6 Å². The molecule has 0 radical (unpaired) electrons. The Hall–Kier alpha value is -2.90. The van der Waals surface area contributed by atoms with Crippen molar-refractivity contribution < 1.29 is 19.2 Å². The zero-order valence-electron chi connectivity index (χ0n) is 46.7. The van der Waals surface area contributed by atoms with Crippen LogP contribution in [0.2, 0.25) is 0 Å². The van der Waals surface area contributed by atoms with Gasteiger partial charge in [0.1, 0.15) is 0 Å². The zero-order chi connectivity index (χ0) is 50.8. The third kappa shape index (κ3) is 36.9. The number of hydrogen-bond donors (Lipinski definition) is 4. The fourth-order valence-corrected chi connectivity index (χ4v) is 9.70. The molecule has 0 unspecified atom stereocenters. The van der Waals surface area contributed by atoms with Gasteiger partial charge in [-0.2, -0.15) is 0 Å². The van der Waals surface area contributed by atoms with E-state index in [1.165, 1.54) is 218 Å². The maximum atomic E-state index is 14.0. The number of amides is 4. The van der Waals surface area contributed by atoms with Crippen LogP contribution in [0.15, 0.2) is 12.1 Å². The minimum Gasteiger partial charge on any atom is -0.352 e. The molecule has 406 valence electrons. The Labute approximate surface area is 433 Å². The minimum absolute atomic E-state index is 0.149. The molecule has 0 saturated heterocycles. The molecule has 0 heterocycles. The van der Waals surface area contributed by atoms with Crippen molar-refractivity contribution in [3.05, 3.63) is 34.4 Å². The fourth-order valence-electron chi connectivity index (χ4n) is 9.70. The number of nitrogens with one attached hydrogen (secondary N) is 4. The molecule has 0 aliphatic carbocycles. The monoisotopic (exact) mass is 979 g/mol. The van der Waals surface area contributed by atoms with Crippen LogP contribution in [0.25, 0.3) is 0 Å². The molecule has 1 rings (SSSR count). The molecule has 0 spiro atoms. The molecule has 0 aliphatic rings. The Kier molecular flexibility index (Phi) is 46.2. The van der Waals surface area contributed by atoms with Crippen LogP contribution in [0, 0.1) is 0 Å². The van der Waals surface area contributed by atoms with E-state index in [4.69, 9.17) is 0 Å².